The van der Waals surface area contributed by atoms with Crippen molar-refractivity contribution in [2.45, 2.75) is 13.3 Å². The van der Waals surface area contributed by atoms with E-state index in [1.165, 1.54) is 6.92 Å². The average molecular weight is 223 g/mol. The smallest absolute Gasteiger partial charge is 0.162 e. The van der Waals surface area contributed by atoms with Gasteiger partial charge >= 0.3 is 0 Å². The maximum Gasteiger partial charge on any atom is 0.162 e. The SMILES string of the molecule is CC(=O)c1cc(C#CCCN)c(F)cc1F. The Morgan fingerprint density at radius 1 is 1.38 bits per heavy atom. The lowest BCUT2D eigenvalue weighted by atomic mass is 10.1. The van der Waals surface area contributed by atoms with Crippen LogP contribution in [0.25, 0.3) is 0 Å². The largest absolute Gasteiger partial charge is 0.330 e. The quantitative estimate of drug-likeness (QED) is 0.614. The van der Waals surface area contributed by atoms with Crippen LogP contribution >= 0.6 is 0 Å². The molecule has 0 saturated carbocycles. The minimum atomic E-state index is -0.866. The van der Waals surface area contributed by atoms with Crippen LogP contribution < -0.4 is 5.73 Å². The molecule has 0 aliphatic carbocycles. The number of Topliss-reactive ketones (excluding diaryl/α,β-unsaturated/α-hetero) is 1. The van der Waals surface area contributed by atoms with Gasteiger partial charge in [0.2, 0.25) is 0 Å². The lowest BCUT2D eigenvalue weighted by molar-refractivity contribution is 0.101. The summed E-state index contributed by atoms with van der Waals surface area (Å²) in [5, 5.41) is 0. The average Bonchev–Trinajstić information content (AvgIpc) is 2.21. The molecule has 0 radical (unpaired) electrons. The van der Waals surface area contributed by atoms with Gasteiger partial charge in [-0.2, -0.15) is 0 Å². The molecule has 2 nitrogen and oxygen atoms in total. The van der Waals surface area contributed by atoms with E-state index in [0.717, 1.165) is 6.07 Å². The van der Waals surface area contributed by atoms with Crippen molar-refractivity contribution >= 4 is 5.78 Å². The molecule has 16 heavy (non-hydrogen) atoms. The first-order valence-corrected chi connectivity index (χ1v) is 4.75. The van der Waals surface area contributed by atoms with Crippen molar-refractivity contribution in [3.05, 3.63) is 34.9 Å². The Morgan fingerprint density at radius 3 is 2.62 bits per heavy atom. The maximum atomic E-state index is 13.2. The molecule has 1 aromatic rings. The van der Waals surface area contributed by atoms with E-state index in [-0.39, 0.29) is 11.1 Å². The van der Waals surface area contributed by atoms with Gasteiger partial charge in [0.25, 0.3) is 0 Å². The molecule has 0 aliphatic heterocycles. The third-order valence-electron chi connectivity index (χ3n) is 1.93. The van der Waals surface area contributed by atoms with Crippen molar-refractivity contribution in [3.63, 3.8) is 0 Å². The highest BCUT2D eigenvalue weighted by Gasteiger charge is 2.11. The number of halogens is 2. The Morgan fingerprint density at radius 2 is 2.06 bits per heavy atom. The molecule has 0 spiro atoms. The minimum Gasteiger partial charge on any atom is -0.330 e. The summed E-state index contributed by atoms with van der Waals surface area (Å²) < 4.78 is 26.4. The maximum absolute atomic E-state index is 13.2. The third-order valence-corrected chi connectivity index (χ3v) is 1.93. The molecular formula is C12H11F2NO. The Kier molecular flexibility index (Phi) is 4.15. The van der Waals surface area contributed by atoms with Crippen LogP contribution in [-0.2, 0) is 0 Å². The molecule has 1 aromatic carbocycles. The molecule has 0 unspecified atom stereocenters. The second kappa shape index (κ2) is 5.38. The van der Waals surface area contributed by atoms with Crippen molar-refractivity contribution < 1.29 is 13.6 Å². The topological polar surface area (TPSA) is 43.1 Å². The molecule has 0 fully saturated rings. The molecule has 1 rings (SSSR count). The Hall–Kier alpha value is -1.73. The normalized spacial score (nSPS) is 9.50. The van der Waals surface area contributed by atoms with Crippen molar-refractivity contribution in [2.75, 3.05) is 6.54 Å². The molecular weight excluding hydrogens is 212 g/mol. The van der Waals surface area contributed by atoms with Gasteiger partial charge in [-0.25, -0.2) is 8.78 Å². The highest BCUT2D eigenvalue weighted by molar-refractivity contribution is 5.94. The lowest BCUT2D eigenvalue weighted by Gasteiger charge is -2.00. The zero-order chi connectivity index (χ0) is 12.1. The van der Waals surface area contributed by atoms with Gasteiger partial charge in [-0.15, -0.1) is 0 Å². The molecule has 0 amide bonds. The summed E-state index contributed by atoms with van der Waals surface area (Å²) in [6.45, 7) is 1.59. The van der Waals surface area contributed by atoms with Crippen LogP contribution in [0.5, 0.6) is 0 Å². The molecule has 0 saturated heterocycles. The number of carbonyl (C=O) groups is 1. The van der Waals surface area contributed by atoms with Gasteiger partial charge in [0, 0.05) is 19.0 Å². The van der Waals surface area contributed by atoms with Gasteiger partial charge in [-0.05, 0) is 13.0 Å². The van der Waals surface area contributed by atoms with Crippen molar-refractivity contribution in [1.82, 2.24) is 0 Å². The lowest BCUT2D eigenvalue weighted by Crippen LogP contribution is -2.00. The van der Waals surface area contributed by atoms with E-state index >= 15 is 0 Å². The molecule has 0 heterocycles. The van der Waals surface area contributed by atoms with Crippen LogP contribution in [0.15, 0.2) is 12.1 Å². The van der Waals surface area contributed by atoms with Crippen LogP contribution in [0.3, 0.4) is 0 Å². The van der Waals surface area contributed by atoms with Crippen LogP contribution in [0.2, 0.25) is 0 Å². The zero-order valence-corrected chi connectivity index (χ0v) is 8.81. The van der Waals surface area contributed by atoms with Gasteiger partial charge in [-0.1, -0.05) is 11.8 Å². The van der Waals surface area contributed by atoms with Crippen molar-refractivity contribution in [1.29, 1.82) is 0 Å². The summed E-state index contributed by atoms with van der Waals surface area (Å²) in [6, 6.07) is 1.79. The summed E-state index contributed by atoms with van der Waals surface area (Å²) in [7, 11) is 0. The highest BCUT2D eigenvalue weighted by Crippen LogP contribution is 2.14. The second-order valence-electron chi connectivity index (χ2n) is 3.21. The Bertz CT molecular complexity index is 472. The van der Waals surface area contributed by atoms with Gasteiger partial charge in [0.1, 0.15) is 11.6 Å². The molecule has 0 atom stereocenters. The second-order valence-corrected chi connectivity index (χ2v) is 3.21. The van der Waals surface area contributed by atoms with E-state index in [4.69, 9.17) is 5.73 Å². The number of ketones is 1. The van der Waals surface area contributed by atoms with Crippen LogP contribution in [0.4, 0.5) is 8.78 Å². The van der Waals surface area contributed by atoms with Crippen LogP contribution in [0.1, 0.15) is 29.3 Å². The molecule has 84 valence electrons. The van der Waals surface area contributed by atoms with Crippen molar-refractivity contribution in [2.24, 2.45) is 5.73 Å². The van der Waals surface area contributed by atoms with Crippen molar-refractivity contribution in [3.8, 4) is 11.8 Å². The van der Waals surface area contributed by atoms with E-state index in [0.29, 0.717) is 19.0 Å². The van der Waals surface area contributed by atoms with Gasteiger partial charge in [-0.3, -0.25) is 4.79 Å². The number of rotatable bonds is 2. The molecule has 0 aliphatic rings. The summed E-state index contributed by atoms with van der Waals surface area (Å²) in [6.07, 6.45) is 0.423. The van der Waals surface area contributed by atoms with E-state index in [2.05, 4.69) is 11.8 Å². The summed E-state index contributed by atoms with van der Waals surface area (Å²) in [5.74, 6) is 3.04. The fourth-order valence-corrected chi connectivity index (χ4v) is 1.14. The molecule has 0 aromatic heterocycles. The van der Waals surface area contributed by atoms with E-state index in [1.54, 1.807) is 0 Å². The molecule has 0 bridgehead atoms. The predicted octanol–water partition coefficient (Wildman–Crippen LogP) is 1.87. The number of nitrogens with two attached hydrogens (primary N) is 1. The van der Waals surface area contributed by atoms with Gasteiger partial charge in [0.15, 0.2) is 5.78 Å². The van der Waals surface area contributed by atoms with E-state index in [1.807, 2.05) is 0 Å². The number of carbonyl (C=O) groups excluding carboxylic acids is 1. The number of hydrogen-bond acceptors (Lipinski definition) is 2. The fraction of sp³-hybridized carbons (Fsp3) is 0.250. The third kappa shape index (κ3) is 2.88. The first kappa shape index (κ1) is 12.3. The summed E-state index contributed by atoms with van der Waals surface area (Å²) >= 11 is 0. The number of benzene rings is 1. The monoisotopic (exact) mass is 223 g/mol. The van der Waals surface area contributed by atoms with E-state index in [9.17, 15) is 13.6 Å². The highest BCUT2D eigenvalue weighted by atomic mass is 19.1. The predicted molar refractivity (Wildman–Crippen MR) is 56.9 cm³/mol. The molecule has 4 heteroatoms. The summed E-state index contributed by atoms with van der Waals surface area (Å²) in [5.41, 5.74) is 5.08. The van der Waals surface area contributed by atoms with E-state index < -0.39 is 17.4 Å². The fourth-order valence-electron chi connectivity index (χ4n) is 1.14. The number of hydrogen-bond donors (Lipinski definition) is 1. The molecule has 2 N–H and O–H groups in total. The zero-order valence-electron chi connectivity index (χ0n) is 8.81. The van der Waals surface area contributed by atoms with Crippen LogP contribution in [-0.4, -0.2) is 12.3 Å². The van der Waals surface area contributed by atoms with Crippen LogP contribution in [0, 0.1) is 23.5 Å². The minimum absolute atomic E-state index is 0.0139. The standard InChI is InChI=1S/C12H11F2NO/c1-8(16)10-6-9(4-2-3-5-15)11(13)7-12(10)14/h6-7H,3,5,15H2,1H3. The first-order valence-electron chi connectivity index (χ1n) is 4.75. The van der Waals surface area contributed by atoms with Gasteiger partial charge < -0.3 is 5.73 Å². The van der Waals surface area contributed by atoms with Gasteiger partial charge in [0.05, 0.1) is 11.1 Å². The Labute approximate surface area is 92.5 Å². The summed E-state index contributed by atoms with van der Waals surface area (Å²) in [4.78, 5) is 11.0. The first-order chi connectivity index (χ1) is 7.56. The Balaban J connectivity index is 3.16.